The van der Waals surface area contributed by atoms with Crippen molar-refractivity contribution >= 4 is 12.1 Å². The van der Waals surface area contributed by atoms with Gasteiger partial charge in [0.15, 0.2) is 5.96 Å². The number of carbonyl (C=O) groups is 1. The molecule has 0 aromatic heterocycles. The molecule has 7 nitrogen and oxygen atoms in total. The molecule has 0 atom stereocenters. The third-order valence-corrected chi connectivity index (χ3v) is 4.94. The molecule has 0 aliphatic heterocycles. The van der Waals surface area contributed by atoms with Gasteiger partial charge in [0.05, 0.1) is 0 Å². The maximum absolute atomic E-state index is 12.1. The third-order valence-electron chi connectivity index (χ3n) is 4.94. The van der Waals surface area contributed by atoms with Crippen molar-refractivity contribution < 1.29 is 9.53 Å². The van der Waals surface area contributed by atoms with Gasteiger partial charge in [0.2, 0.25) is 0 Å². The van der Waals surface area contributed by atoms with Crippen molar-refractivity contribution in [3.63, 3.8) is 0 Å². The molecule has 0 aliphatic rings. The average molecular weight is 434 g/mol. The quantitative estimate of drug-likeness (QED) is 0.333. The lowest BCUT2D eigenvalue weighted by atomic mass is 10.1. The van der Waals surface area contributed by atoms with Gasteiger partial charge in [0, 0.05) is 39.8 Å². The number of hydrogen-bond donors (Lipinski definition) is 2. The van der Waals surface area contributed by atoms with Crippen LogP contribution < -0.4 is 10.6 Å². The second kappa shape index (κ2) is 13.2. The van der Waals surface area contributed by atoms with Crippen molar-refractivity contribution in [1.29, 1.82) is 0 Å². The summed E-state index contributed by atoms with van der Waals surface area (Å²) in [5.41, 5.74) is 1.73. The molecule has 1 amide bonds. The van der Waals surface area contributed by atoms with Crippen molar-refractivity contribution in [3.05, 3.63) is 35.4 Å². The maximum atomic E-state index is 12.1. The van der Waals surface area contributed by atoms with Crippen molar-refractivity contribution in [2.24, 2.45) is 4.99 Å². The van der Waals surface area contributed by atoms with Crippen LogP contribution in [0.1, 0.15) is 58.6 Å². The van der Waals surface area contributed by atoms with Crippen LogP contribution in [0.5, 0.6) is 0 Å². The smallest absolute Gasteiger partial charge is 0.410 e. The molecule has 1 rings (SSSR count). The topological polar surface area (TPSA) is 69.2 Å². The van der Waals surface area contributed by atoms with Crippen molar-refractivity contribution in [2.45, 2.75) is 72.2 Å². The predicted molar refractivity (Wildman–Crippen MR) is 129 cm³/mol. The summed E-state index contributed by atoms with van der Waals surface area (Å²) >= 11 is 0. The number of carbonyl (C=O) groups excluding carboxylic acids is 1. The van der Waals surface area contributed by atoms with Crippen LogP contribution in [0.2, 0.25) is 0 Å². The summed E-state index contributed by atoms with van der Waals surface area (Å²) in [7, 11) is 5.71. The Bertz CT molecular complexity index is 680. The molecule has 1 aromatic rings. The van der Waals surface area contributed by atoms with E-state index in [1.807, 2.05) is 32.9 Å². The molecule has 0 unspecified atom stereocenters. The van der Waals surface area contributed by atoms with Gasteiger partial charge >= 0.3 is 6.09 Å². The van der Waals surface area contributed by atoms with E-state index >= 15 is 0 Å². The number of guanidine groups is 1. The number of ether oxygens (including phenoxy) is 1. The van der Waals surface area contributed by atoms with Gasteiger partial charge in [-0.05, 0) is 72.2 Å². The number of benzene rings is 1. The van der Waals surface area contributed by atoms with Crippen LogP contribution in [0.15, 0.2) is 29.3 Å². The molecule has 2 N–H and O–H groups in total. The van der Waals surface area contributed by atoms with Crippen LogP contribution >= 0.6 is 0 Å². The fraction of sp³-hybridized carbons (Fsp3) is 0.667. The first-order valence-corrected chi connectivity index (χ1v) is 11.2. The second-order valence-corrected chi connectivity index (χ2v) is 9.29. The first-order chi connectivity index (χ1) is 14.5. The molecule has 0 bridgehead atoms. The van der Waals surface area contributed by atoms with Gasteiger partial charge in [0.25, 0.3) is 0 Å². The predicted octanol–water partition coefficient (Wildman–Crippen LogP) is 3.84. The van der Waals surface area contributed by atoms with E-state index in [2.05, 4.69) is 53.6 Å². The minimum absolute atomic E-state index is 0.316. The number of rotatable bonds is 10. The lowest BCUT2D eigenvalue weighted by molar-refractivity contribution is 0.0285. The van der Waals surface area contributed by atoms with Gasteiger partial charge in [-0.1, -0.05) is 24.3 Å². The molecular weight excluding hydrogens is 390 g/mol. The zero-order valence-corrected chi connectivity index (χ0v) is 20.8. The van der Waals surface area contributed by atoms with Gasteiger partial charge in [-0.15, -0.1) is 0 Å². The SMILES string of the molecule is CN=C(NCCCCN(C)C(C)C)NCc1ccc(CN(C)C(=O)OC(C)(C)C)cc1. The molecule has 0 heterocycles. The molecule has 7 heteroatoms. The van der Waals surface area contributed by atoms with E-state index in [0.717, 1.165) is 43.0 Å². The van der Waals surface area contributed by atoms with Gasteiger partial charge < -0.3 is 25.2 Å². The monoisotopic (exact) mass is 433 g/mol. The first kappa shape index (κ1) is 26.8. The van der Waals surface area contributed by atoms with E-state index in [1.165, 1.54) is 0 Å². The summed E-state index contributed by atoms with van der Waals surface area (Å²) in [5.74, 6) is 0.811. The number of nitrogens with one attached hydrogen (secondary N) is 2. The minimum Gasteiger partial charge on any atom is -0.444 e. The van der Waals surface area contributed by atoms with Crippen molar-refractivity contribution in [3.8, 4) is 0 Å². The van der Waals surface area contributed by atoms with E-state index in [9.17, 15) is 4.79 Å². The highest BCUT2D eigenvalue weighted by Gasteiger charge is 2.19. The van der Waals surface area contributed by atoms with Crippen LogP contribution in [0.4, 0.5) is 4.79 Å². The van der Waals surface area contributed by atoms with Crippen LogP contribution in [0, 0.1) is 0 Å². The first-order valence-electron chi connectivity index (χ1n) is 11.2. The Hall–Kier alpha value is -2.28. The van der Waals surface area contributed by atoms with E-state index < -0.39 is 5.60 Å². The van der Waals surface area contributed by atoms with Crippen LogP contribution in [0.3, 0.4) is 0 Å². The van der Waals surface area contributed by atoms with Crippen LogP contribution in [-0.2, 0) is 17.8 Å². The summed E-state index contributed by atoms with van der Waals surface area (Å²) in [6.45, 7) is 13.3. The lowest BCUT2D eigenvalue weighted by Gasteiger charge is -2.24. The Labute approximate surface area is 189 Å². The van der Waals surface area contributed by atoms with Crippen LogP contribution in [-0.4, -0.2) is 67.7 Å². The molecule has 0 spiro atoms. The molecule has 1 aromatic carbocycles. The lowest BCUT2D eigenvalue weighted by Crippen LogP contribution is -2.37. The normalized spacial score (nSPS) is 12.3. The molecule has 0 fully saturated rings. The highest BCUT2D eigenvalue weighted by molar-refractivity contribution is 5.79. The summed E-state index contributed by atoms with van der Waals surface area (Å²) in [6, 6.07) is 8.81. The standard InChI is InChI=1S/C24H43N5O2/c1-19(2)28(7)16-10-9-15-26-22(25-6)27-17-20-11-13-21(14-12-20)18-29(8)23(30)31-24(3,4)5/h11-14,19H,9-10,15-18H2,1-8H3,(H2,25,26,27). The second-order valence-electron chi connectivity index (χ2n) is 9.29. The van der Waals surface area contributed by atoms with Gasteiger partial charge in [-0.2, -0.15) is 0 Å². The minimum atomic E-state index is -0.488. The molecule has 176 valence electrons. The Morgan fingerprint density at radius 2 is 1.68 bits per heavy atom. The highest BCUT2D eigenvalue weighted by Crippen LogP contribution is 2.12. The Balaban J connectivity index is 2.37. The van der Waals surface area contributed by atoms with E-state index in [-0.39, 0.29) is 6.09 Å². The fourth-order valence-corrected chi connectivity index (χ4v) is 2.80. The van der Waals surface area contributed by atoms with Gasteiger partial charge in [-0.25, -0.2) is 4.79 Å². The summed E-state index contributed by atoms with van der Waals surface area (Å²) in [5, 5.41) is 6.73. The largest absolute Gasteiger partial charge is 0.444 e. The molecule has 0 aliphatic carbocycles. The molecular formula is C24H43N5O2. The Morgan fingerprint density at radius 3 is 2.23 bits per heavy atom. The average Bonchev–Trinajstić information content (AvgIpc) is 2.69. The van der Waals surface area contributed by atoms with Crippen molar-refractivity contribution in [2.75, 3.05) is 34.2 Å². The summed E-state index contributed by atoms with van der Waals surface area (Å²) in [4.78, 5) is 20.3. The van der Waals surface area contributed by atoms with E-state index in [0.29, 0.717) is 19.1 Å². The van der Waals surface area contributed by atoms with Crippen LogP contribution in [0.25, 0.3) is 0 Å². The van der Waals surface area contributed by atoms with Crippen molar-refractivity contribution in [1.82, 2.24) is 20.4 Å². The fourth-order valence-electron chi connectivity index (χ4n) is 2.80. The maximum Gasteiger partial charge on any atom is 0.410 e. The summed E-state index contributed by atoms with van der Waals surface area (Å²) < 4.78 is 5.40. The molecule has 0 radical (unpaired) electrons. The van der Waals surface area contributed by atoms with Gasteiger partial charge in [0.1, 0.15) is 5.60 Å². The zero-order chi connectivity index (χ0) is 23.4. The number of nitrogens with zero attached hydrogens (tertiary/aromatic N) is 3. The Kier molecular flexibility index (Phi) is 11.4. The third kappa shape index (κ3) is 11.6. The number of aliphatic imine (C=N–C) groups is 1. The summed E-state index contributed by atoms with van der Waals surface area (Å²) in [6.07, 6.45) is 1.96. The number of amides is 1. The highest BCUT2D eigenvalue weighted by atomic mass is 16.6. The van der Waals surface area contributed by atoms with E-state index in [1.54, 1.807) is 19.0 Å². The number of hydrogen-bond acceptors (Lipinski definition) is 4. The Morgan fingerprint density at radius 1 is 1.06 bits per heavy atom. The van der Waals surface area contributed by atoms with Gasteiger partial charge in [-0.3, -0.25) is 4.99 Å². The van der Waals surface area contributed by atoms with E-state index in [4.69, 9.17) is 4.74 Å². The zero-order valence-electron chi connectivity index (χ0n) is 20.8. The molecule has 0 saturated heterocycles. The molecule has 0 saturated carbocycles. The number of unbranched alkanes of at least 4 members (excludes halogenated alkanes) is 1. The molecule has 31 heavy (non-hydrogen) atoms.